The Hall–Kier alpha value is -2.53. The lowest BCUT2D eigenvalue weighted by Crippen LogP contribution is -1.95. The summed E-state index contributed by atoms with van der Waals surface area (Å²) in [7, 11) is 3.65. The Kier molecular flexibility index (Phi) is 5.33. The predicted molar refractivity (Wildman–Crippen MR) is 99.2 cm³/mol. The summed E-state index contributed by atoms with van der Waals surface area (Å²) in [6.07, 6.45) is 4.26. The van der Waals surface area contributed by atoms with Crippen molar-refractivity contribution in [3.05, 3.63) is 66.2 Å². The van der Waals surface area contributed by atoms with Crippen LogP contribution in [-0.2, 0) is 7.05 Å². The number of benzene rings is 2. The number of hydrogen-bond donors (Lipinski definition) is 0. The highest BCUT2D eigenvalue weighted by molar-refractivity contribution is 7.99. The molecule has 24 heavy (non-hydrogen) atoms. The molecule has 0 aliphatic heterocycles. The van der Waals surface area contributed by atoms with Crippen molar-refractivity contribution in [2.24, 2.45) is 7.05 Å². The summed E-state index contributed by atoms with van der Waals surface area (Å²) in [6.45, 7) is 0. The van der Waals surface area contributed by atoms with E-state index in [1.807, 2.05) is 54.1 Å². The number of nitrogens with zero attached hydrogens (tertiary/aromatic N) is 3. The third kappa shape index (κ3) is 3.86. The van der Waals surface area contributed by atoms with E-state index in [2.05, 4.69) is 34.5 Å². The monoisotopic (exact) mass is 337 g/mol. The van der Waals surface area contributed by atoms with Crippen LogP contribution in [0.2, 0.25) is 0 Å². The van der Waals surface area contributed by atoms with Crippen LogP contribution in [-0.4, -0.2) is 27.6 Å². The van der Waals surface area contributed by atoms with Crippen molar-refractivity contribution in [2.75, 3.05) is 12.9 Å². The van der Waals surface area contributed by atoms with E-state index in [1.54, 1.807) is 18.9 Å². The molecule has 2 aromatic carbocycles. The topological polar surface area (TPSA) is 39.9 Å². The number of aromatic nitrogens is 3. The van der Waals surface area contributed by atoms with Gasteiger partial charge in [0.1, 0.15) is 5.75 Å². The van der Waals surface area contributed by atoms with Crippen LogP contribution in [0.1, 0.15) is 5.56 Å². The van der Waals surface area contributed by atoms with Crippen molar-refractivity contribution in [2.45, 2.75) is 5.16 Å². The van der Waals surface area contributed by atoms with E-state index >= 15 is 0 Å². The average molecular weight is 337 g/mol. The molecular formula is C19H19N3OS. The molecule has 1 aromatic heterocycles. The molecule has 0 saturated heterocycles. The molecule has 0 aliphatic carbocycles. The van der Waals surface area contributed by atoms with E-state index in [9.17, 15) is 0 Å². The molecule has 0 atom stereocenters. The van der Waals surface area contributed by atoms with Crippen molar-refractivity contribution in [1.29, 1.82) is 0 Å². The molecule has 0 aliphatic rings. The number of rotatable bonds is 6. The van der Waals surface area contributed by atoms with Gasteiger partial charge in [0, 0.05) is 18.4 Å². The Morgan fingerprint density at radius 1 is 1.04 bits per heavy atom. The first-order valence-corrected chi connectivity index (χ1v) is 8.64. The first-order chi connectivity index (χ1) is 11.8. The molecule has 0 radical (unpaired) electrons. The van der Waals surface area contributed by atoms with Gasteiger partial charge in [0.15, 0.2) is 11.0 Å². The minimum Gasteiger partial charge on any atom is -0.497 e. The fraction of sp³-hybridized carbons (Fsp3) is 0.158. The predicted octanol–water partition coefficient (Wildman–Crippen LogP) is 4.30. The zero-order valence-electron chi connectivity index (χ0n) is 13.7. The lowest BCUT2D eigenvalue weighted by atomic mass is 10.2. The van der Waals surface area contributed by atoms with E-state index in [1.165, 1.54) is 5.56 Å². The summed E-state index contributed by atoms with van der Waals surface area (Å²) < 4.78 is 7.20. The lowest BCUT2D eigenvalue weighted by Gasteiger charge is -2.04. The molecule has 5 heteroatoms. The van der Waals surface area contributed by atoms with Gasteiger partial charge in [0.05, 0.1) is 7.11 Å². The molecule has 0 bridgehead atoms. The van der Waals surface area contributed by atoms with Crippen molar-refractivity contribution < 1.29 is 4.74 Å². The van der Waals surface area contributed by atoms with Gasteiger partial charge >= 0.3 is 0 Å². The molecule has 0 spiro atoms. The van der Waals surface area contributed by atoms with Gasteiger partial charge in [-0.2, -0.15) is 0 Å². The normalized spacial score (nSPS) is 11.1. The highest BCUT2D eigenvalue weighted by atomic mass is 32.2. The molecule has 0 fully saturated rings. The highest BCUT2D eigenvalue weighted by Gasteiger charge is 2.10. The number of thioether (sulfide) groups is 1. The fourth-order valence-corrected chi connectivity index (χ4v) is 3.02. The van der Waals surface area contributed by atoms with Crippen LogP contribution in [0.15, 0.2) is 65.8 Å². The highest BCUT2D eigenvalue weighted by Crippen LogP contribution is 2.24. The van der Waals surface area contributed by atoms with Crippen molar-refractivity contribution in [3.63, 3.8) is 0 Å². The molecule has 0 N–H and O–H groups in total. The second-order valence-electron chi connectivity index (χ2n) is 5.22. The molecule has 3 aromatic rings. The summed E-state index contributed by atoms with van der Waals surface area (Å²) in [6, 6.07) is 18.1. The average Bonchev–Trinajstić information content (AvgIpc) is 3.00. The fourth-order valence-electron chi connectivity index (χ4n) is 2.30. The Morgan fingerprint density at radius 3 is 2.50 bits per heavy atom. The van der Waals surface area contributed by atoms with Gasteiger partial charge in [-0.1, -0.05) is 54.2 Å². The molecule has 1 heterocycles. The Labute approximate surface area is 146 Å². The van der Waals surface area contributed by atoms with Crippen LogP contribution in [0.25, 0.3) is 17.5 Å². The number of methoxy groups -OCH3 is 1. The molecule has 3 rings (SSSR count). The van der Waals surface area contributed by atoms with Gasteiger partial charge in [0.2, 0.25) is 0 Å². The summed E-state index contributed by atoms with van der Waals surface area (Å²) >= 11 is 1.67. The van der Waals surface area contributed by atoms with E-state index < -0.39 is 0 Å². The molecule has 0 saturated carbocycles. The zero-order valence-corrected chi connectivity index (χ0v) is 14.5. The first kappa shape index (κ1) is 16.3. The number of hydrogen-bond acceptors (Lipinski definition) is 4. The molecule has 0 amide bonds. The minimum absolute atomic E-state index is 0.835. The van der Waals surface area contributed by atoms with E-state index in [-0.39, 0.29) is 0 Å². The smallest absolute Gasteiger partial charge is 0.191 e. The second-order valence-corrected chi connectivity index (χ2v) is 6.20. The first-order valence-electron chi connectivity index (χ1n) is 7.66. The zero-order chi connectivity index (χ0) is 16.8. The van der Waals surface area contributed by atoms with Crippen molar-refractivity contribution >= 4 is 17.8 Å². The van der Waals surface area contributed by atoms with Gasteiger partial charge in [-0.05, 0) is 29.8 Å². The summed E-state index contributed by atoms with van der Waals surface area (Å²) in [5.41, 5.74) is 2.23. The van der Waals surface area contributed by atoms with Gasteiger partial charge in [0.25, 0.3) is 0 Å². The third-order valence-electron chi connectivity index (χ3n) is 3.60. The minimum atomic E-state index is 0.835. The lowest BCUT2D eigenvalue weighted by molar-refractivity contribution is 0.415. The van der Waals surface area contributed by atoms with Crippen molar-refractivity contribution in [3.8, 4) is 17.1 Å². The van der Waals surface area contributed by atoms with Gasteiger partial charge < -0.3 is 9.30 Å². The maximum absolute atomic E-state index is 5.19. The summed E-state index contributed by atoms with van der Waals surface area (Å²) in [4.78, 5) is 0. The standard InChI is InChI=1S/C19H19N3OS/c1-22-18(16-10-12-17(23-2)13-11-16)20-21-19(22)24-14-6-9-15-7-4-3-5-8-15/h3-13H,14H2,1-2H3. The van der Waals surface area contributed by atoms with E-state index in [0.717, 1.165) is 28.0 Å². The Balaban J connectivity index is 1.65. The molecule has 4 nitrogen and oxygen atoms in total. The van der Waals surface area contributed by atoms with Gasteiger partial charge in [-0.15, -0.1) is 10.2 Å². The molecular weight excluding hydrogens is 318 g/mol. The Morgan fingerprint density at radius 2 is 1.79 bits per heavy atom. The van der Waals surface area contributed by atoms with Crippen LogP contribution in [0.4, 0.5) is 0 Å². The van der Waals surface area contributed by atoms with Crippen LogP contribution in [0, 0.1) is 0 Å². The van der Waals surface area contributed by atoms with Crippen LogP contribution in [0.3, 0.4) is 0 Å². The Bertz CT molecular complexity index is 810. The van der Waals surface area contributed by atoms with Crippen LogP contribution >= 0.6 is 11.8 Å². The second kappa shape index (κ2) is 7.84. The maximum atomic E-state index is 5.19. The SMILES string of the molecule is COc1ccc(-c2nnc(SCC=Cc3ccccc3)n2C)cc1. The van der Waals surface area contributed by atoms with Crippen LogP contribution < -0.4 is 4.74 Å². The molecule has 122 valence electrons. The summed E-state index contributed by atoms with van der Waals surface area (Å²) in [5, 5.41) is 9.50. The van der Waals surface area contributed by atoms with Gasteiger partial charge in [-0.25, -0.2) is 0 Å². The molecule has 0 unspecified atom stereocenters. The third-order valence-corrected chi connectivity index (χ3v) is 4.57. The van der Waals surface area contributed by atoms with E-state index in [0.29, 0.717) is 0 Å². The number of ether oxygens (including phenoxy) is 1. The van der Waals surface area contributed by atoms with Crippen LogP contribution in [0.5, 0.6) is 5.75 Å². The largest absolute Gasteiger partial charge is 0.497 e. The van der Waals surface area contributed by atoms with Crippen molar-refractivity contribution in [1.82, 2.24) is 14.8 Å². The van der Waals surface area contributed by atoms with E-state index in [4.69, 9.17) is 4.74 Å². The maximum Gasteiger partial charge on any atom is 0.191 e. The van der Waals surface area contributed by atoms with Gasteiger partial charge in [-0.3, -0.25) is 0 Å². The summed E-state index contributed by atoms with van der Waals surface area (Å²) in [5.74, 6) is 2.54. The quantitative estimate of drug-likeness (QED) is 0.629.